The second-order valence-electron chi connectivity index (χ2n) is 5.32. The Morgan fingerprint density at radius 3 is 2.44 bits per heavy atom. The third-order valence-electron chi connectivity index (χ3n) is 3.69. The average molecular weight is 354 g/mol. The van der Waals surface area contributed by atoms with Crippen LogP contribution in [-0.4, -0.2) is 25.1 Å². The topological polar surface area (TPSA) is 60.5 Å². The molecule has 5 nitrogen and oxygen atoms in total. The number of aromatic nitrogens is 1. The van der Waals surface area contributed by atoms with E-state index in [1.165, 1.54) is 11.3 Å². The first-order valence-corrected chi connectivity index (χ1v) is 8.50. The first kappa shape index (κ1) is 17.0. The molecule has 6 heteroatoms. The van der Waals surface area contributed by atoms with Gasteiger partial charge >= 0.3 is 0 Å². The van der Waals surface area contributed by atoms with Gasteiger partial charge in [0.1, 0.15) is 21.4 Å². The lowest BCUT2D eigenvalue weighted by Gasteiger charge is -2.08. The molecule has 0 bridgehead atoms. The molecule has 0 spiro atoms. The van der Waals surface area contributed by atoms with E-state index < -0.39 is 0 Å². The predicted octanol–water partition coefficient (Wildman–Crippen LogP) is 4.39. The number of amides is 1. The Hall–Kier alpha value is -2.86. The van der Waals surface area contributed by atoms with Gasteiger partial charge in [-0.3, -0.25) is 4.79 Å². The molecule has 0 saturated carbocycles. The van der Waals surface area contributed by atoms with E-state index in [0.29, 0.717) is 22.0 Å². The minimum Gasteiger partial charge on any atom is -0.497 e. The molecule has 1 amide bonds. The standard InChI is InChI=1S/C19H18N2O3S/c1-12-17(18(22)21-15-6-4-5-7-16(15)24-3)25-19(20-12)13-8-10-14(23-2)11-9-13/h4-11H,1-3H3,(H,21,22). The highest BCUT2D eigenvalue weighted by atomic mass is 32.1. The number of hydrogen-bond acceptors (Lipinski definition) is 5. The Balaban J connectivity index is 1.85. The third-order valence-corrected chi connectivity index (χ3v) is 4.90. The number of benzene rings is 2. The van der Waals surface area contributed by atoms with Gasteiger partial charge in [0.05, 0.1) is 25.6 Å². The van der Waals surface area contributed by atoms with Crippen molar-refractivity contribution in [1.29, 1.82) is 0 Å². The number of anilines is 1. The molecule has 0 atom stereocenters. The number of hydrogen-bond donors (Lipinski definition) is 1. The van der Waals surface area contributed by atoms with Gasteiger partial charge in [-0.2, -0.15) is 0 Å². The number of rotatable bonds is 5. The summed E-state index contributed by atoms with van der Waals surface area (Å²) in [5.74, 6) is 1.21. The van der Waals surface area contributed by atoms with Crippen molar-refractivity contribution in [2.75, 3.05) is 19.5 Å². The first-order chi connectivity index (χ1) is 12.1. The number of carbonyl (C=O) groups is 1. The molecule has 0 radical (unpaired) electrons. The summed E-state index contributed by atoms with van der Waals surface area (Å²) < 4.78 is 10.4. The predicted molar refractivity (Wildman–Crippen MR) is 99.8 cm³/mol. The molecule has 1 N–H and O–H groups in total. The van der Waals surface area contributed by atoms with Crippen LogP contribution in [0.5, 0.6) is 11.5 Å². The van der Waals surface area contributed by atoms with Gasteiger partial charge in [-0.25, -0.2) is 4.98 Å². The third kappa shape index (κ3) is 3.64. The average Bonchev–Trinajstić information content (AvgIpc) is 3.04. The number of aryl methyl sites for hydroxylation is 1. The molecule has 25 heavy (non-hydrogen) atoms. The zero-order valence-electron chi connectivity index (χ0n) is 14.2. The van der Waals surface area contributed by atoms with Crippen LogP contribution in [0.25, 0.3) is 10.6 Å². The van der Waals surface area contributed by atoms with Crippen molar-refractivity contribution in [1.82, 2.24) is 4.98 Å². The first-order valence-electron chi connectivity index (χ1n) is 7.68. The minimum atomic E-state index is -0.195. The Bertz CT molecular complexity index is 888. The fraction of sp³-hybridized carbons (Fsp3) is 0.158. The second-order valence-corrected chi connectivity index (χ2v) is 6.32. The largest absolute Gasteiger partial charge is 0.497 e. The molecule has 0 unspecified atom stereocenters. The van der Waals surface area contributed by atoms with E-state index in [0.717, 1.165) is 16.3 Å². The summed E-state index contributed by atoms with van der Waals surface area (Å²) in [6.45, 7) is 1.83. The van der Waals surface area contributed by atoms with Crippen LogP contribution < -0.4 is 14.8 Å². The van der Waals surface area contributed by atoms with Crippen molar-refractivity contribution < 1.29 is 14.3 Å². The number of nitrogens with one attached hydrogen (secondary N) is 1. The fourth-order valence-corrected chi connectivity index (χ4v) is 3.36. The molecule has 0 aliphatic carbocycles. The Morgan fingerprint density at radius 1 is 1.04 bits per heavy atom. The van der Waals surface area contributed by atoms with Gasteiger partial charge in [0, 0.05) is 5.56 Å². The van der Waals surface area contributed by atoms with Crippen molar-refractivity contribution in [2.45, 2.75) is 6.92 Å². The number of methoxy groups -OCH3 is 2. The van der Waals surface area contributed by atoms with Crippen LogP contribution >= 0.6 is 11.3 Å². The number of carbonyl (C=O) groups excluding carboxylic acids is 1. The van der Waals surface area contributed by atoms with Gasteiger partial charge in [-0.1, -0.05) is 12.1 Å². The molecule has 0 saturated heterocycles. The monoisotopic (exact) mass is 354 g/mol. The van der Waals surface area contributed by atoms with Crippen molar-refractivity contribution in [2.24, 2.45) is 0 Å². The maximum absolute atomic E-state index is 12.6. The van der Waals surface area contributed by atoms with Crippen molar-refractivity contribution in [3.05, 3.63) is 59.1 Å². The van der Waals surface area contributed by atoms with E-state index in [1.807, 2.05) is 43.3 Å². The number of thiazole rings is 1. The van der Waals surface area contributed by atoms with Crippen molar-refractivity contribution in [3.8, 4) is 22.1 Å². The van der Waals surface area contributed by atoms with E-state index in [9.17, 15) is 4.79 Å². The Labute approximate surface area is 150 Å². The lowest BCUT2D eigenvalue weighted by atomic mass is 10.2. The second kappa shape index (κ2) is 7.36. The summed E-state index contributed by atoms with van der Waals surface area (Å²) in [5.41, 5.74) is 2.28. The number of ether oxygens (including phenoxy) is 2. The summed E-state index contributed by atoms with van der Waals surface area (Å²) in [4.78, 5) is 17.7. The van der Waals surface area contributed by atoms with E-state index in [1.54, 1.807) is 26.4 Å². The minimum absolute atomic E-state index is 0.195. The van der Waals surface area contributed by atoms with Crippen molar-refractivity contribution in [3.63, 3.8) is 0 Å². The summed E-state index contributed by atoms with van der Waals surface area (Å²) in [6.07, 6.45) is 0. The van der Waals surface area contributed by atoms with Gasteiger partial charge in [0.25, 0.3) is 5.91 Å². The Kier molecular flexibility index (Phi) is 5.00. The smallest absolute Gasteiger partial charge is 0.267 e. The molecule has 128 valence electrons. The quantitative estimate of drug-likeness (QED) is 0.738. The van der Waals surface area contributed by atoms with E-state index in [2.05, 4.69) is 10.3 Å². The lowest BCUT2D eigenvalue weighted by Crippen LogP contribution is -2.12. The molecule has 3 rings (SSSR count). The molecule has 0 fully saturated rings. The highest BCUT2D eigenvalue weighted by Crippen LogP contribution is 2.30. The molecule has 0 aliphatic heterocycles. The molecule has 1 aromatic heterocycles. The summed E-state index contributed by atoms with van der Waals surface area (Å²) in [7, 11) is 3.20. The van der Waals surface area contributed by atoms with E-state index in [-0.39, 0.29) is 5.91 Å². The van der Waals surface area contributed by atoms with E-state index >= 15 is 0 Å². The normalized spacial score (nSPS) is 10.4. The van der Waals surface area contributed by atoms with Crippen molar-refractivity contribution >= 4 is 22.9 Å². The van der Waals surface area contributed by atoms with Crippen LogP contribution in [0.3, 0.4) is 0 Å². The van der Waals surface area contributed by atoms with Gasteiger partial charge < -0.3 is 14.8 Å². The molecule has 1 heterocycles. The van der Waals surface area contributed by atoms with Crippen LogP contribution in [0.4, 0.5) is 5.69 Å². The zero-order valence-corrected chi connectivity index (χ0v) is 15.0. The molecule has 2 aromatic carbocycles. The Morgan fingerprint density at radius 2 is 1.76 bits per heavy atom. The maximum Gasteiger partial charge on any atom is 0.267 e. The molecular formula is C19H18N2O3S. The van der Waals surface area contributed by atoms with E-state index in [4.69, 9.17) is 9.47 Å². The molecular weight excluding hydrogens is 336 g/mol. The summed E-state index contributed by atoms with van der Waals surface area (Å²) >= 11 is 1.36. The lowest BCUT2D eigenvalue weighted by molar-refractivity contribution is 0.102. The summed E-state index contributed by atoms with van der Waals surface area (Å²) in [6, 6.07) is 14.9. The van der Waals surface area contributed by atoms with Gasteiger partial charge in [-0.05, 0) is 43.3 Å². The number of para-hydroxylation sites is 2. The van der Waals surface area contributed by atoms with Gasteiger partial charge in [0.15, 0.2) is 0 Å². The van der Waals surface area contributed by atoms with Crippen LogP contribution in [0.1, 0.15) is 15.4 Å². The van der Waals surface area contributed by atoms with Gasteiger partial charge in [-0.15, -0.1) is 11.3 Å². The van der Waals surface area contributed by atoms with Crippen LogP contribution in [0, 0.1) is 6.92 Å². The van der Waals surface area contributed by atoms with Crippen LogP contribution in [0.15, 0.2) is 48.5 Å². The number of nitrogens with zero attached hydrogens (tertiary/aromatic N) is 1. The maximum atomic E-state index is 12.6. The molecule has 3 aromatic rings. The van der Waals surface area contributed by atoms with Crippen LogP contribution in [0.2, 0.25) is 0 Å². The molecule has 0 aliphatic rings. The SMILES string of the molecule is COc1ccc(-c2nc(C)c(C(=O)Nc3ccccc3OC)s2)cc1. The highest BCUT2D eigenvalue weighted by molar-refractivity contribution is 7.17. The fourth-order valence-electron chi connectivity index (χ4n) is 2.39. The van der Waals surface area contributed by atoms with Crippen LogP contribution in [-0.2, 0) is 0 Å². The summed E-state index contributed by atoms with van der Waals surface area (Å²) in [5, 5.41) is 3.68. The van der Waals surface area contributed by atoms with Gasteiger partial charge in [0.2, 0.25) is 0 Å². The highest BCUT2D eigenvalue weighted by Gasteiger charge is 2.17. The zero-order chi connectivity index (χ0) is 17.8.